The van der Waals surface area contributed by atoms with Gasteiger partial charge in [0.05, 0.1) is 9.82 Å². The first kappa shape index (κ1) is 20.5. The maximum absolute atomic E-state index is 13.3. The highest BCUT2D eigenvalue weighted by Crippen LogP contribution is 2.22. The molecular formula is C17H18FN3O5S. The van der Waals surface area contributed by atoms with E-state index in [-0.39, 0.29) is 16.1 Å². The van der Waals surface area contributed by atoms with Gasteiger partial charge < -0.3 is 5.32 Å². The highest BCUT2D eigenvalue weighted by atomic mass is 32.2. The van der Waals surface area contributed by atoms with E-state index >= 15 is 0 Å². The van der Waals surface area contributed by atoms with Crippen LogP contribution < -0.4 is 10.0 Å². The number of rotatable bonds is 5. The van der Waals surface area contributed by atoms with Crippen molar-refractivity contribution in [1.82, 2.24) is 4.72 Å². The monoisotopic (exact) mass is 395 g/mol. The van der Waals surface area contributed by atoms with Gasteiger partial charge in [-0.1, -0.05) is 0 Å². The van der Waals surface area contributed by atoms with Crippen LogP contribution >= 0.6 is 0 Å². The fourth-order valence-electron chi connectivity index (χ4n) is 2.18. The number of carbonyl (C=O) groups is 1. The van der Waals surface area contributed by atoms with Crippen molar-refractivity contribution < 1.29 is 22.5 Å². The van der Waals surface area contributed by atoms with Crippen LogP contribution in [0.3, 0.4) is 0 Å². The Labute approximate surface area is 155 Å². The molecule has 0 aliphatic heterocycles. The third kappa shape index (κ3) is 5.31. The lowest BCUT2D eigenvalue weighted by atomic mass is 10.1. The summed E-state index contributed by atoms with van der Waals surface area (Å²) in [7, 11) is -3.74. The number of nitrogens with zero attached hydrogens (tertiary/aromatic N) is 1. The summed E-state index contributed by atoms with van der Waals surface area (Å²) in [6.07, 6.45) is 0. The number of hydrogen-bond donors (Lipinski definition) is 2. The Morgan fingerprint density at radius 2 is 1.70 bits per heavy atom. The molecule has 0 aliphatic rings. The SMILES string of the molecule is CC(C)(C)NS(=O)(=O)c1ccc(C(=O)Nc2ccc(F)c([N+](=O)[O-])c2)cc1. The predicted octanol–water partition coefficient (Wildman–Crippen LogP) is 3.06. The van der Waals surface area contributed by atoms with Crippen molar-refractivity contribution in [2.24, 2.45) is 0 Å². The van der Waals surface area contributed by atoms with E-state index in [2.05, 4.69) is 10.0 Å². The lowest BCUT2D eigenvalue weighted by Crippen LogP contribution is -2.40. The first-order valence-electron chi connectivity index (χ1n) is 7.78. The van der Waals surface area contributed by atoms with Crippen LogP contribution in [-0.4, -0.2) is 24.8 Å². The van der Waals surface area contributed by atoms with Crippen LogP contribution in [0.4, 0.5) is 15.8 Å². The second kappa shape index (κ2) is 7.41. The Balaban J connectivity index is 2.19. The van der Waals surface area contributed by atoms with Crippen LogP contribution in [0, 0.1) is 15.9 Å². The molecule has 0 bridgehead atoms. The van der Waals surface area contributed by atoms with E-state index in [0.29, 0.717) is 0 Å². The molecule has 10 heteroatoms. The first-order valence-corrected chi connectivity index (χ1v) is 9.27. The number of anilines is 1. The molecule has 0 saturated heterocycles. The molecule has 27 heavy (non-hydrogen) atoms. The molecule has 0 unspecified atom stereocenters. The normalized spacial score (nSPS) is 11.9. The molecule has 0 fully saturated rings. The summed E-state index contributed by atoms with van der Waals surface area (Å²) >= 11 is 0. The first-order chi connectivity index (χ1) is 12.4. The van der Waals surface area contributed by atoms with Gasteiger partial charge in [-0.3, -0.25) is 14.9 Å². The topological polar surface area (TPSA) is 118 Å². The summed E-state index contributed by atoms with van der Waals surface area (Å²) in [6, 6.07) is 8.13. The summed E-state index contributed by atoms with van der Waals surface area (Å²) in [5, 5.41) is 13.2. The van der Waals surface area contributed by atoms with Crippen molar-refractivity contribution in [3.8, 4) is 0 Å². The van der Waals surface area contributed by atoms with Gasteiger partial charge in [0.25, 0.3) is 5.91 Å². The van der Waals surface area contributed by atoms with Crippen molar-refractivity contribution >= 4 is 27.3 Å². The van der Waals surface area contributed by atoms with E-state index in [1.807, 2.05) is 0 Å². The molecule has 0 radical (unpaired) electrons. The lowest BCUT2D eigenvalue weighted by molar-refractivity contribution is -0.387. The number of benzene rings is 2. The van der Waals surface area contributed by atoms with Crippen LogP contribution in [-0.2, 0) is 10.0 Å². The zero-order valence-electron chi connectivity index (χ0n) is 14.8. The fourth-order valence-corrected chi connectivity index (χ4v) is 3.60. The number of nitro benzene ring substituents is 1. The van der Waals surface area contributed by atoms with E-state index in [0.717, 1.165) is 12.1 Å². The summed E-state index contributed by atoms with van der Waals surface area (Å²) in [6.45, 7) is 5.11. The standard InChI is InChI=1S/C17H18FN3O5S/c1-17(2,3)20-27(25,26)13-7-4-11(5-8-13)16(22)19-12-6-9-14(18)15(10-12)21(23)24/h4-10,20H,1-3H3,(H,19,22). The van der Waals surface area contributed by atoms with E-state index in [1.54, 1.807) is 20.8 Å². The molecule has 144 valence electrons. The number of nitro groups is 1. The molecule has 2 aromatic carbocycles. The van der Waals surface area contributed by atoms with Crippen LogP contribution in [0.2, 0.25) is 0 Å². The Hall–Kier alpha value is -2.85. The van der Waals surface area contributed by atoms with Gasteiger partial charge in [-0.2, -0.15) is 4.39 Å². The molecular weight excluding hydrogens is 377 g/mol. The average Bonchev–Trinajstić information content (AvgIpc) is 2.54. The number of hydrogen-bond acceptors (Lipinski definition) is 5. The van der Waals surface area contributed by atoms with Crippen LogP contribution in [0.25, 0.3) is 0 Å². The molecule has 0 atom stereocenters. The van der Waals surface area contributed by atoms with E-state index in [1.165, 1.54) is 30.3 Å². The highest BCUT2D eigenvalue weighted by molar-refractivity contribution is 7.89. The van der Waals surface area contributed by atoms with Crippen molar-refractivity contribution in [1.29, 1.82) is 0 Å². The molecule has 0 spiro atoms. The van der Waals surface area contributed by atoms with E-state index < -0.39 is 37.9 Å². The number of amides is 1. The predicted molar refractivity (Wildman–Crippen MR) is 97.5 cm³/mol. The van der Waals surface area contributed by atoms with Gasteiger partial charge in [-0.05, 0) is 57.2 Å². The third-order valence-corrected chi connectivity index (χ3v) is 5.04. The van der Waals surface area contributed by atoms with Crippen molar-refractivity contribution in [3.05, 3.63) is 64.0 Å². The van der Waals surface area contributed by atoms with Crippen molar-refractivity contribution in [2.45, 2.75) is 31.2 Å². The summed E-state index contributed by atoms with van der Waals surface area (Å²) in [5.41, 5.74) is -1.25. The van der Waals surface area contributed by atoms with E-state index in [4.69, 9.17) is 0 Å². The fraction of sp³-hybridized carbons (Fsp3) is 0.235. The van der Waals surface area contributed by atoms with Gasteiger partial charge in [0.2, 0.25) is 15.8 Å². The Morgan fingerprint density at radius 3 is 2.22 bits per heavy atom. The largest absolute Gasteiger partial charge is 0.322 e. The maximum atomic E-state index is 13.3. The van der Waals surface area contributed by atoms with Crippen LogP contribution in [0.1, 0.15) is 31.1 Å². The smallest absolute Gasteiger partial charge is 0.306 e. The third-order valence-electron chi connectivity index (χ3n) is 3.27. The second-order valence-electron chi connectivity index (χ2n) is 6.76. The summed E-state index contributed by atoms with van der Waals surface area (Å²) in [5.74, 6) is -1.64. The molecule has 2 aromatic rings. The quantitative estimate of drug-likeness (QED) is 0.596. The zero-order chi connectivity index (χ0) is 20.4. The average molecular weight is 395 g/mol. The molecule has 2 N–H and O–H groups in total. The van der Waals surface area contributed by atoms with E-state index in [9.17, 15) is 27.7 Å². The summed E-state index contributed by atoms with van der Waals surface area (Å²) in [4.78, 5) is 22.1. The minimum atomic E-state index is -3.74. The number of sulfonamides is 1. The molecule has 1 amide bonds. The van der Waals surface area contributed by atoms with Gasteiger partial charge in [0.1, 0.15) is 0 Å². The highest BCUT2D eigenvalue weighted by Gasteiger charge is 2.22. The van der Waals surface area contributed by atoms with Gasteiger partial charge in [-0.25, -0.2) is 13.1 Å². The molecule has 0 aliphatic carbocycles. The lowest BCUT2D eigenvalue weighted by Gasteiger charge is -2.20. The van der Waals surface area contributed by atoms with Gasteiger partial charge in [0, 0.05) is 22.9 Å². The number of carbonyl (C=O) groups excluding carboxylic acids is 1. The van der Waals surface area contributed by atoms with Crippen molar-refractivity contribution in [2.75, 3.05) is 5.32 Å². The minimum absolute atomic E-state index is 0.00797. The van der Waals surface area contributed by atoms with Gasteiger partial charge in [-0.15, -0.1) is 0 Å². The Morgan fingerprint density at radius 1 is 1.11 bits per heavy atom. The molecule has 2 rings (SSSR count). The zero-order valence-corrected chi connectivity index (χ0v) is 15.6. The van der Waals surface area contributed by atoms with Crippen LogP contribution in [0.15, 0.2) is 47.4 Å². The molecule has 0 aromatic heterocycles. The number of halogens is 1. The molecule has 0 heterocycles. The molecule has 0 saturated carbocycles. The minimum Gasteiger partial charge on any atom is -0.322 e. The van der Waals surface area contributed by atoms with Crippen molar-refractivity contribution in [3.63, 3.8) is 0 Å². The Bertz CT molecular complexity index is 983. The van der Waals surface area contributed by atoms with Gasteiger partial charge in [0.15, 0.2) is 0 Å². The summed E-state index contributed by atoms with van der Waals surface area (Å²) < 4.78 is 40.3. The van der Waals surface area contributed by atoms with Crippen LogP contribution in [0.5, 0.6) is 0 Å². The Kier molecular flexibility index (Phi) is 5.62. The maximum Gasteiger partial charge on any atom is 0.306 e. The van der Waals surface area contributed by atoms with Gasteiger partial charge >= 0.3 is 5.69 Å². The molecule has 8 nitrogen and oxygen atoms in total. The second-order valence-corrected chi connectivity index (χ2v) is 8.44. The number of nitrogens with one attached hydrogen (secondary N) is 2.